The highest BCUT2D eigenvalue weighted by Crippen LogP contribution is 2.29. The number of rotatable bonds is 7. The van der Waals surface area contributed by atoms with E-state index in [2.05, 4.69) is 0 Å². The van der Waals surface area contributed by atoms with Crippen molar-refractivity contribution >= 4 is 27.3 Å². The Hall–Kier alpha value is -2.77. The number of benzene rings is 2. The summed E-state index contributed by atoms with van der Waals surface area (Å²) in [7, 11) is -3.18. The van der Waals surface area contributed by atoms with E-state index in [-0.39, 0.29) is 24.0 Å². The molecule has 1 aliphatic rings. The highest BCUT2D eigenvalue weighted by atomic mass is 35.5. The SMILES string of the molecule is CCOc1ccccc1C(=O)N(Cc1ccc(-c2ccc(Cl)cc2)o1)[C@@H]1CCS(=O)(=O)C1. The van der Waals surface area contributed by atoms with Crippen LogP contribution in [0.15, 0.2) is 65.1 Å². The monoisotopic (exact) mass is 473 g/mol. The lowest BCUT2D eigenvalue weighted by Gasteiger charge is -2.28. The van der Waals surface area contributed by atoms with Gasteiger partial charge in [0.25, 0.3) is 5.91 Å². The van der Waals surface area contributed by atoms with Crippen molar-refractivity contribution < 1.29 is 22.4 Å². The van der Waals surface area contributed by atoms with Gasteiger partial charge >= 0.3 is 0 Å². The maximum Gasteiger partial charge on any atom is 0.258 e. The van der Waals surface area contributed by atoms with Gasteiger partial charge in [-0.1, -0.05) is 23.7 Å². The molecule has 1 atom stereocenters. The zero-order valence-corrected chi connectivity index (χ0v) is 19.2. The third kappa shape index (κ3) is 5.00. The molecule has 0 unspecified atom stereocenters. The minimum Gasteiger partial charge on any atom is -0.493 e. The highest BCUT2D eigenvalue weighted by molar-refractivity contribution is 7.91. The van der Waals surface area contributed by atoms with Crippen LogP contribution in [0.1, 0.15) is 29.5 Å². The molecule has 1 amide bonds. The Labute approximate surface area is 192 Å². The summed E-state index contributed by atoms with van der Waals surface area (Å²) in [5.74, 6) is 1.44. The molecular formula is C24H24ClNO5S. The molecule has 168 valence electrons. The van der Waals surface area contributed by atoms with Crippen LogP contribution in [-0.2, 0) is 16.4 Å². The second-order valence-corrected chi connectivity index (χ2v) is 10.4. The van der Waals surface area contributed by atoms with Gasteiger partial charge in [-0.25, -0.2) is 8.42 Å². The van der Waals surface area contributed by atoms with E-state index < -0.39 is 15.9 Å². The second-order valence-electron chi connectivity index (χ2n) is 7.69. The summed E-state index contributed by atoms with van der Waals surface area (Å²) in [5, 5.41) is 0.632. The van der Waals surface area contributed by atoms with Gasteiger partial charge in [-0.3, -0.25) is 4.79 Å². The molecule has 8 heteroatoms. The first-order chi connectivity index (χ1) is 15.4. The molecule has 4 rings (SSSR count). The number of hydrogen-bond donors (Lipinski definition) is 0. The first-order valence-electron chi connectivity index (χ1n) is 10.4. The first-order valence-corrected chi connectivity index (χ1v) is 12.6. The number of halogens is 1. The molecule has 0 radical (unpaired) electrons. The highest BCUT2D eigenvalue weighted by Gasteiger charge is 2.36. The lowest BCUT2D eigenvalue weighted by Crippen LogP contribution is -2.40. The molecule has 3 aromatic rings. The molecule has 2 heterocycles. The van der Waals surface area contributed by atoms with Crippen LogP contribution in [0.5, 0.6) is 5.75 Å². The van der Waals surface area contributed by atoms with Crippen LogP contribution in [0.3, 0.4) is 0 Å². The van der Waals surface area contributed by atoms with Gasteiger partial charge in [0.05, 0.1) is 30.2 Å². The number of ether oxygens (including phenoxy) is 1. The maximum atomic E-state index is 13.6. The Morgan fingerprint density at radius 1 is 1.12 bits per heavy atom. The Morgan fingerprint density at radius 2 is 1.88 bits per heavy atom. The van der Waals surface area contributed by atoms with Crippen molar-refractivity contribution in [2.24, 2.45) is 0 Å². The van der Waals surface area contributed by atoms with Crippen molar-refractivity contribution in [1.29, 1.82) is 0 Å². The van der Waals surface area contributed by atoms with Gasteiger partial charge in [-0.2, -0.15) is 0 Å². The quantitative estimate of drug-likeness (QED) is 0.491. The van der Waals surface area contributed by atoms with Crippen LogP contribution in [-0.4, -0.2) is 43.4 Å². The Balaban J connectivity index is 1.64. The summed E-state index contributed by atoms with van der Waals surface area (Å²) in [5.41, 5.74) is 1.27. The number of para-hydroxylation sites is 1. The lowest BCUT2D eigenvalue weighted by molar-refractivity contribution is 0.0662. The zero-order valence-electron chi connectivity index (χ0n) is 17.7. The predicted octanol–water partition coefficient (Wildman–Crippen LogP) is 4.83. The molecule has 1 aromatic heterocycles. The molecule has 1 aliphatic heterocycles. The molecule has 0 bridgehead atoms. The van der Waals surface area contributed by atoms with E-state index in [1.165, 1.54) is 0 Å². The van der Waals surface area contributed by atoms with Crippen molar-refractivity contribution in [3.8, 4) is 17.1 Å². The van der Waals surface area contributed by atoms with Crippen molar-refractivity contribution in [1.82, 2.24) is 4.90 Å². The van der Waals surface area contributed by atoms with Crippen LogP contribution in [0.4, 0.5) is 0 Å². The van der Waals surface area contributed by atoms with Gasteiger partial charge in [0.1, 0.15) is 17.3 Å². The lowest BCUT2D eigenvalue weighted by atomic mass is 10.1. The molecule has 2 aromatic carbocycles. The maximum absolute atomic E-state index is 13.6. The molecule has 0 spiro atoms. The van der Waals surface area contributed by atoms with Gasteiger partial charge in [0.15, 0.2) is 9.84 Å². The van der Waals surface area contributed by atoms with Crippen molar-refractivity contribution in [2.45, 2.75) is 25.9 Å². The second kappa shape index (κ2) is 9.38. The van der Waals surface area contributed by atoms with Crippen LogP contribution < -0.4 is 4.74 Å². The molecule has 0 N–H and O–H groups in total. The van der Waals surface area contributed by atoms with Gasteiger partial charge in [-0.15, -0.1) is 0 Å². The van der Waals surface area contributed by atoms with Crippen molar-refractivity contribution in [3.63, 3.8) is 0 Å². The summed E-state index contributed by atoms with van der Waals surface area (Å²) >= 11 is 5.96. The smallest absolute Gasteiger partial charge is 0.258 e. The van der Waals surface area contributed by atoms with Crippen LogP contribution in [0, 0.1) is 0 Å². The van der Waals surface area contributed by atoms with Gasteiger partial charge in [0, 0.05) is 16.6 Å². The standard InChI is InChI=1S/C24H24ClNO5S/c1-2-30-23-6-4-3-5-21(23)24(27)26(19-13-14-32(28,29)16-19)15-20-11-12-22(31-20)17-7-9-18(25)10-8-17/h3-12,19H,2,13-16H2,1H3/t19-/m1/s1. The number of carbonyl (C=O) groups is 1. The van der Waals surface area contributed by atoms with E-state index in [1.54, 1.807) is 41.3 Å². The number of sulfone groups is 1. The van der Waals surface area contributed by atoms with Crippen molar-refractivity contribution in [2.75, 3.05) is 18.1 Å². The number of nitrogens with zero attached hydrogens (tertiary/aromatic N) is 1. The molecule has 0 saturated carbocycles. The molecule has 1 fully saturated rings. The summed E-state index contributed by atoms with van der Waals surface area (Å²) in [6.07, 6.45) is 0.398. The van der Waals surface area contributed by atoms with Gasteiger partial charge in [-0.05, 0) is 61.9 Å². The topological polar surface area (TPSA) is 76.8 Å². The third-order valence-corrected chi connectivity index (χ3v) is 7.45. The van der Waals surface area contributed by atoms with Crippen LogP contribution in [0.25, 0.3) is 11.3 Å². The molecule has 6 nitrogen and oxygen atoms in total. The number of amides is 1. The summed E-state index contributed by atoms with van der Waals surface area (Å²) < 4.78 is 35.9. The number of carbonyl (C=O) groups excluding carboxylic acids is 1. The number of hydrogen-bond acceptors (Lipinski definition) is 5. The fraction of sp³-hybridized carbons (Fsp3) is 0.292. The van der Waals surface area contributed by atoms with E-state index in [4.69, 9.17) is 20.8 Å². The van der Waals surface area contributed by atoms with E-state index >= 15 is 0 Å². The van der Waals surface area contributed by atoms with E-state index in [0.29, 0.717) is 40.9 Å². The van der Waals surface area contributed by atoms with Crippen LogP contribution in [0.2, 0.25) is 5.02 Å². The molecular weight excluding hydrogens is 450 g/mol. The fourth-order valence-electron chi connectivity index (χ4n) is 3.87. The van der Waals surface area contributed by atoms with Gasteiger partial charge in [0.2, 0.25) is 0 Å². The Kier molecular flexibility index (Phi) is 6.58. The zero-order chi connectivity index (χ0) is 22.7. The average Bonchev–Trinajstić information content (AvgIpc) is 3.39. The average molecular weight is 474 g/mol. The normalized spacial score (nSPS) is 17.2. The first kappa shape index (κ1) is 22.4. The van der Waals surface area contributed by atoms with Gasteiger partial charge < -0.3 is 14.1 Å². The predicted molar refractivity (Wildman–Crippen MR) is 124 cm³/mol. The Bertz CT molecular complexity index is 1200. The van der Waals surface area contributed by atoms with E-state index in [1.807, 2.05) is 31.2 Å². The largest absolute Gasteiger partial charge is 0.493 e. The van der Waals surface area contributed by atoms with E-state index in [0.717, 1.165) is 5.56 Å². The van der Waals surface area contributed by atoms with Crippen LogP contribution >= 0.6 is 11.6 Å². The fourth-order valence-corrected chi connectivity index (χ4v) is 5.72. The third-order valence-electron chi connectivity index (χ3n) is 5.44. The molecule has 0 aliphatic carbocycles. The number of furan rings is 1. The van der Waals surface area contributed by atoms with E-state index in [9.17, 15) is 13.2 Å². The minimum atomic E-state index is -3.18. The summed E-state index contributed by atoms with van der Waals surface area (Å²) in [4.78, 5) is 15.1. The summed E-state index contributed by atoms with van der Waals surface area (Å²) in [6, 6.07) is 17.5. The van der Waals surface area contributed by atoms with Crippen molar-refractivity contribution in [3.05, 3.63) is 77.0 Å². The molecule has 1 saturated heterocycles. The minimum absolute atomic E-state index is 0.0553. The summed E-state index contributed by atoms with van der Waals surface area (Å²) in [6.45, 7) is 2.43. The Morgan fingerprint density at radius 3 is 2.56 bits per heavy atom. The molecule has 32 heavy (non-hydrogen) atoms.